The molecule has 0 spiro atoms. The summed E-state index contributed by atoms with van der Waals surface area (Å²) in [5.74, 6) is 0.439. The second kappa shape index (κ2) is 7.88. The van der Waals surface area contributed by atoms with Gasteiger partial charge in [-0.15, -0.1) is 0 Å². The quantitative estimate of drug-likeness (QED) is 0.456. The van der Waals surface area contributed by atoms with Gasteiger partial charge in [-0.1, -0.05) is 41.7 Å². The zero-order valence-electron chi connectivity index (χ0n) is 16.7. The van der Waals surface area contributed by atoms with Crippen LogP contribution in [-0.2, 0) is 16.1 Å². The summed E-state index contributed by atoms with van der Waals surface area (Å²) >= 11 is 1.31. The summed E-state index contributed by atoms with van der Waals surface area (Å²) in [6.07, 6.45) is 0. The van der Waals surface area contributed by atoms with Crippen LogP contribution in [0, 0.1) is 0 Å². The molecular weight excluding hydrogens is 416 g/mol. The van der Waals surface area contributed by atoms with Crippen LogP contribution < -0.4 is 14.3 Å². The molecule has 1 aromatic heterocycles. The molecule has 1 aliphatic rings. The number of rotatable bonds is 4. The molecule has 4 aromatic rings. The lowest BCUT2D eigenvalue weighted by Crippen LogP contribution is -2.23. The molecule has 0 aliphatic carbocycles. The van der Waals surface area contributed by atoms with Crippen LogP contribution in [0.4, 0.5) is 0 Å². The van der Waals surface area contributed by atoms with Gasteiger partial charge in [0.15, 0.2) is 16.3 Å². The lowest BCUT2D eigenvalue weighted by Gasteiger charge is -2.06. The van der Waals surface area contributed by atoms with Crippen molar-refractivity contribution < 1.29 is 23.8 Å². The van der Waals surface area contributed by atoms with Gasteiger partial charge >= 0.3 is 5.97 Å². The number of esters is 1. The minimum atomic E-state index is -0.403. The first kappa shape index (κ1) is 19.3. The summed E-state index contributed by atoms with van der Waals surface area (Å²) in [7, 11) is 0. The molecule has 0 saturated carbocycles. The standard InChI is InChI=1S/C23H18N2O5S/c1-2-28-21(26)12-25-17-10-18-19(30-13-29-18)11-20(17)31-23(25)24-22(27)16-8-7-14-5-3-4-6-15(14)9-16/h3-11H,2,12-13H2,1H3. The maximum atomic E-state index is 13.0. The van der Waals surface area contributed by atoms with Gasteiger partial charge in [-0.2, -0.15) is 4.99 Å². The Morgan fingerprint density at radius 3 is 2.65 bits per heavy atom. The predicted octanol–water partition coefficient (Wildman–Crippen LogP) is 3.89. The van der Waals surface area contributed by atoms with Crippen molar-refractivity contribution in [3.8, 4) is 11.5 Å². The van der Waals surface area contributed by atoms with Gasteiger partial charge in [0.25, 0.3) is 5.91 Å². The molecule has 0 radical (unpaired) electrons. The van der Waals surface area contributed by atoms with Crippen LogP contribution in [0.15, 0.2) is 59.6 Å². The molecule has 0 saturated heterocycles. The first-order valence-corrected chi connectivity index (χ1v) is 10.6. The second-order valence-corrected chi connectivity index (χ2v) is 7.94. The normalized spacial score (nSPS) is 13.1. The number of fused-ring (bicyclic) bond motifs is 3. The highest BCUT2D eigenvalue weighted by Gasteiger charge is 2.19. The number of nitrogens with zero attached hydrogens (tertiary/aromatic N) is 2. The number of hydrogen-bond acceptors (Lipinski definition) is 6. The fraction of sp³-hybridized carbons (Fsp3) is 0.174. The van der Waals surface area contributed by atoms with Gasteiger partial charge < -0.3 is 18.8 Å². The van der Waals surface area contributed by atoms with E-state index in [1.807, 2.05) is 42.5 Å². The molecular formula is C23H18N2O5S. The largest absolute Gasteiger partial charge is 0.465 e. The highest BCUT2D eigenvalue weighted by Crippen LogP contribution is 2.37. The lowest BCUT2D eigenvalue weighted by atomic mass is 10.1. The van der Waals surface area contributed by atoms with Crippen molar-refractivity contribution in [3.63, 3.8) is 0 Å². The van der Waals surface area contributed by atoms with Crippen molar-refractivity contribution in [1.82, 2.24) is 4.57 Å². The van der Waals surface area contributed by atoms with Crippen LogP contribution in [-0.4, -0.2) is 29.8 Å². The Morgan fingerprint density at radius 2 is 1.84 bits per heavy atom. The molecule has 1 aliphatic heterocycles. The Hall–Kier alpha value is -3.65. The Kier molecular flexibility index (Phi) is 4.91. The van der Waals surface area contributed by atoms with Gasteiger partial charge in [0.1, 0.15) is 6.54 Å². The van der Waals surface area contributed by atoms with Gasteiger partial charge in [0.05, 0.1) is 16.8 Å². The van der Waals surface area contributed by atoms with E-state index in [4.69, 9.17) is 14.2 Å². The van der Waals surface area contributed by atoms with E-state index in [1.165, 1.54) is 11.3 Å². The molecule has 0 N–H and O–H groups in total. The molecule has 31 heavy (non-hydrogen) atoms. The first-order chi connectivity index (χ1) is 15.1. The smallest absolute Gasteiger partial charge is 0.326 e. The third kappa shape index (κ3) is 3.66. The molecule has 7 nitrogen and oxygen atoms in total. The first-order valence-electron chi connectivity index (χ1n) is 9.79. The maximum absolute atomic E-state index is 13.0. The number of hydrogen-bond donors (Lipinski definition) is 0. The highest BCUT2D eigenvalue weighted by molar-refractivity contribution is 7.16. The van der Waals surface area contributed by atoms with E-state index < -0.39 is 5.97 Å². The van der Waals surface area contributed by atoms with E-state index in [2.05, 4.69) is 4.99 Å². The summed E-state index contributed by atoms with van der Waals surface area (Å²) in [4.78, 5) is 29.9. The highest BCUT2D eigenvalue weighted by atomic mass is 32.1. The Labute approximate surface area is 181 Å². The lowest BCUT2D eigenvalue weighted by molar-refractivity contribution is -0.143. The van der Waals surface area contributed by atoms with Gasteiger partial charge in [-0.05, 0) is 29.8 Å². The zero-order valence-corrected chi connectivity index (χ0v) is 17.5. The number of thiazole rings is 1. The molecule has 0 fully saturated rings. The summed E-state index contributed by atoms with van der Waals surface area (Å²) in [6.45, 7) is 2.12. The van der Waals surface area contributed by atoms with Crippen LogP contribution in [0.1, 0.15) is 17.3 Å². The molecule has 5 rings (SSSR count). The van der Waals surface area contributed by atoms with E-state index in [0.29, 0.717) is 21.9 Å². The van der Waals surface area contributed by atoms with Crippen molar-refractivity contribution in [2.24, 2.45) is 4.99 Å². The van der Waals surface area contributed by atoms with Gasteiger partial charge in [0, 0.05) is 17.7 Å². The van der Waals surface area contributed by atoms with Crippen LogP contribution in [0.2, 0.25) is 0 Å². The van der Waals surface area contributed by atoms with E-state index in [-0.39, 0.29) is 25.9 Å². The Bertz CT molecular complexity index is 1400. The van der Waals surface area contributed by atoms with Crippen LogP contribution in [0.5, 0.6) is 11.5 Å². The monoisotopic (exact) mass is 434 g/mol. The molecule has 0 bridgehead atoms. The fourth-order valence-electron chi connectivity index (χ4n) is 3.51. The van der Waals surface area contributed by atoms with E-state index in [9.17, 15) is 9.59 Å². The molecule has 3 aromatic carbocycles. The van der Waals surface area contributed by atoms with E-state index in [1.54, 1.807) is 23.6 Å². The Morgan fingerprint density at radius 1 is 1.06 bits per heavy atom. The average molecular weight is 434 g/mol. The summed E-state index contributed by atoms with van der Waals surface area (Å²) < 4.78 is 18.5. The summed E-state index contributed by atoms with van der Waals surface area (Å²) in [5.41, 5.74) is 1.21. The topological polar surface area (TPSA) is 79.1 Å². The van der Waals surface area contributed by atoms with Crippen molar-refractivity contribution in [2.45, 2.75) is 13.5 Å². The minimum Gasteiger partial charge on any atom is -0.465 e. The van der Waals surface area contributed by atoms with Crippen molar-refractivity contribution in [2.75, 3.05) is 13.4 Å². The van der Waals surface area contributed by atoms with E-state index >= 15 is 0 Å². The van der Waals surface area contributed by atoms with Crippen molar-refractivity contribution in [3.05, 3.63) is 65.0 Å². The van der Waals surface area contributed by atoms with Crippen molar-refractivity contribution in [1.29, 1.82) is 0 Å². The minimum absolute atomic E-state index is 0.0582. The SMILES string of the molecule is CCOC(=O)Cn1c(=NC(=O)c2ccc3ccccc3c2)sc2cc3c(cc21)OCO3. The summed E-state index contributed by atoms with van der Waals surface area (Å²) in [6, 6.07) is 16.9. The second-order valence-electron chi connectivity index (χ2n) is 6.93. The number of aromatic nitrogens is 1. The van der Waals surface area contributed by atoms with Crippen LogP contribution in [0.3, 0.4) is 0 Å². The summed E-state index contributed by atoms with van der Waals surface area (Å²) in [5, 5.41) is 2.01. The number of benzene rings is 3. The number of ether oxygens (including phenoxy) is 3. The molecule has 156 valence electrons. The third-order valence-corrected chi connectivity index (χ3v) is 6.00. The molecule has 8 heteroatoms. The maximum Gasteiger partial charge on any atom is 0.326 e. The fourth-order valence-corrected chi connectivity index (χ4v) is 4.55. The number of carbonyl (C=O) groups is 2. The van der Waals surface area contributed by atoms with Gasteiger partial charge in [-0.25, -0.2) is 0 Å². The number of carbonyl (C=O) groups excluding carboxylic acids is 2. The van der Waals surface area contributed by atoms with Crippen molar-refractivity contribution >= 4 is 44.2 Å². The van der Waals surface area contributed by atoms with Crippen LogP contribution >= 0.6 is 11.3 Å². The molecule has 0 unspecified atom stereocenters. The van der Waals surface area contributed by atoms with E-state index in [0.717, 1.165) is 21.0 Å². The number of amides is 1. The third-order valence-electron chi connectivity index (χ3n) is 4.96. The molecule has 2 heterocycles. The molecule has 0 atom stereocenters. The average Bonchev–Trinajstić information content (AvgIpc) is 3.36. The Balaban J connectivity index is 1.62. The predicted molar refractivity (Wildman–Crippen MR) is 116 cm³/mol. The van der Waals surface area contributed by atoms with Gasteiger partial charge in [-0.3, -0.25) is 9.59 Å². The van der Waals surface area contributed by atoms with Crippen LogP contribution in [0.25, 0.3) is 21.0 Å². The zero-order chi connectivity index (χ0) is 21.4. The van der Waals surface area contributed by atoms with Gasteiger partial charge in [0.2, 0.25) is 6.79 Å². The molecule has 1 amide bonds.